The van der Waals surface area contributed by atoms with Crippen LogP contribution in [-0.4, -0.2) is 36.5 Å². The molecule has 0 bridgehead atoms. The molecule has 1 aromatic carbocycles. The minimum absolute atomic E-state index is 0.00409. The molecule has 1 aromatic rings. The van der Waals surface area contributed by atoms with Crippen molar-refractivity contribution in [2.75, 3.05) is 6.54 Å². The summed E-state index contributed by atoms with van der Waals surface area (Å²) in [6, 6.07) is 7.72. The van der Waals surface area contributed by atoms with E-state index in [1.807, 2.05) is 6.07 Å². The molecule has 0 radical (unpaired) electrons. The van der Waals surface area contributed by atoms with Gasteiger partial charge < -0.3 is 31.0 Å². The third-order valence-corrected chi connectivity index (χ3v) is 2.91. The van der Waals surface area contributed by atoms with E-state index >= 15 is 0 Å². The summed E-state index contributed by atoms with van der Waals surface area (Å²) in [5, 5.41) is 14.7. The number of amides is 3. The number of carbonyl (C=O) groups excluding carboxylic acids is 4. The third-order valence-electron chi connectivity index (χ3n) is 2.91. The van der Waals surface area contributed by atoms with Crippen LogP contribution >= 0.6 is 0 Å². The smallest absolute Gasteiger partial charge is 0.408 e. The van der Waals surface area contributed by atoms with Crippen molar-refractivity contribution in [3.8, 4) is 0 Å². The number of carboxylic acid groups (broad SMARTS) is 1. The molecule has 0 aliphatic rings. The van der Waals surface area contributed by atoms with Crippen LogP contribution in [0.15, 0.2) is 30.3 Å². The SMILES string of the molecule is NC(=O)CC[C@H](NC(=O)OCc1ccccc1)C(=O)NCC(=O)[O-]. The van der Waals surface area contributed by atoms with Gasteiger partial charge >= 0.3 is 6.09 Å². The van der Waals surface area contributed by atoms with E-state index in [1.54, 1.807) is 24.3 Å². The number of aliphatic carboxylic acids is 1. The molecule has 1 rings (SSSR count). The Hall–Kier alpha value is -3.10. The Bertz CT molecular complexity index is 590. The van der Waals surface area contributed by atoms with E-state index in [0.29, 0.717) is 0 Å². The maximum absolute atomic E-state index is 11.8. The maximum atomic E-state index is 11.8. The van der Waals surface area contributed by atoms with Crippen LogP contribution in [0, 0.1) is 0 Å². The highest BCUT2D eigenvalue weighted by molar-refractivity contribution is 5.88. The number of primary amides is 1. The van der Waals surface area contributed by atoms with E-state index < -0.39 is 36.5 Å². The number of alkyl carbamates (subject to hydrolysis) is 1. The second kappa shape index (κ2) is 9.82. The summed E-state index contributed by atoms with van der Waals surface area (Å²) in [6.45, 7) is -0.720. The Morgan fingerprint density at radius 2 is 1.83 bits per heavy atom. The lowest BCUT2D eigenvalue weighted by Crippen LogP contribution is -2.49. The highest BCUT2D eigenvalue weighted by atomic mass is 16.5. The van der Waals surface area contributed by atoms with Crippen LogP contribution < -0.4 is 21.5 Å². The van der Waals surface area contributed by atoms with Crippen molar-refractivity contribution in [2.45, 2.75) is 25.5 Å². The number of rotatable bonds is 9. The first-order valence-corrected chi connectivity index (χ1v) is 7.11. The molecule has 0 aliphatic carbocycles. The summed E-state index contributed by atoms with van der Waals surface area (Å²) in [4.78, 5) is 44.8. The molecule has 3 amide bonds. The summed E-state index contributed by atoms with van der Waals surface area (Å²) in [6.07, 6.45) is -1.13. The van der Waals surface area contributed by atoms with Crippen LogP contribution in [0.1, 0.15) is 18.4 Å². The van der Waals surface area contributed by atoms with E-state index in [2.05, 4.69) is 10.6 Å². The lowest BCUT2D eigenvalue weighted by Gasteiger charge is -2.18. The minimum atomic E-state index is -1.48. The summed E-state index contributed by atoms with van der Waals surface area (Å²) in [5.41, 5.74) is 5.76. The van der Waals surface area contributed by atoms with Crippen molar-refractivity contribution in [3.63, 3.8) is 0 Å². The Morgan fingerprint density at radius 1 is 1.17 bits per heavy atom. The van der Waals surface area contributed by atoms with Gasteiger partial charge in [0.1, 0.15) is 12.6 Å². The monoisotopic (exact) mass is 336 g/mol. The molecule has 0 heterocycles. The first-order chi connectivity index (χ1) is 11.4. The van der Waals surface area contributed by atoms with Gasteiger partial charge in [-0.25, -0.2) is 4.79 Å². The zero-order chi connectivity index (χ0) is 17.9. The number of carbonyl (C=O) groups is 4. The number of ether oxygens (including phenoxy) is 1. The molecule has 130 valence electrons. The lowest BCUT2D eigenvalue weighted by atomic mass is 10.1. The normalized spacial score (nSPS) is 11.2. The van der Waals surface area contributed by atoms with Crippen LogP contribution in [0.25, 0.3) is 0 Å². The van der Waals surface area contributed by atoms with Crippen LogP contribution in [0.5, 0.6) is 0 Å². The number of nitrogens with two attached hydrogens (primary N) is 1. The fourth-order valence-corrected chi connectivity index (χ4v) is 1.74. The average Bonchev–Trinajstić information content (AvgIpc) is 2.55. The largest absolute Gasteiger partial charge is 0.548 e. The summed E-state index contributed by atoms with van der Waals surface area (Å²) in [5.74, 6) is -2.92. The van der Waals surface area contributed by atoms with Gasteiger partial charge in [0.2, 0.25) is 11.8 Å². The first kappa shape index (κ1) is 18.9. The second-order valence-corrected chi connectivity index (χ2v) is 4.85. The van der Waals surface area contributed by atoms with Crippen molar-refractivity contribution in [2.24, 2.45) is 5.73 Å². The highest BCUT2D eigenvalue weighted by Gasteiger charge is 2.21. The Labute approximate surface area is 138 Å². The van der Waals surface area contributed by atoms with Crippen LogP contribution in [0.2, 0.25) is 0 Å². The Kier molecular flexibility index (Phi) is 7.76. The van der Waals surface area contributed by atoms with Crippen molar-refractivity contribution >= 4 is 23.9 Å². The predicted molar refractivity (Wildman–Crippen MR) is 80.0 cm³/mol. The quantitative estimate of drug-likeness (QED) is 0.495. The van der Waals surface area contributed by atoms with Gasteiger partial charge in [0.05, 0.1) is 12.5 Å². The average molecular weight is 336 g/mol. The number of hydrogen-bond acceptors (Lipinski definition) is 6. The van der Waals surface area contributed by atoms with Crippen molar-refractivity contribution < 1.29 is 29.0 Å². The third kappa shape index (κ3) is 7.78. The Morgan fingerprint density at radius 3 is 2.42 bits per heavy atom. The number of hydrogen-bond donors (Lipinski definition) is 3. The molecule has 0 spiro atoms. The molecule has 0 unspecified atom stereocenters. The minimum Gasteiger partial charge on any atom is -0.548 e. The fourth-order valence-electron chi connectivity index (χ4n) is 1.74. The van der Waals surface area contributed by atoms with Crippen LogP contribution in [-0.2, 0) is 25.7 Å². The summed E-state index contributed by atoms with van der Waals surface area (Å²) in [7, 11) is 0. The summed E-state index contributed by atoms with van der Waals surface area (Å²) < 4.78 is 4.97. The van der Waals surface area contributed by atoms with Crippen molar-refractivity contribution in [1.29, 1.82) is 0 Å². The predicted octanol–water partition coefficient (Wildman–Crippen LogP) is -1.59. The topological polar surface area (TPSA) is 151 Å². The Balaban J connectivity index is 2.55. The van der Waals surface area contributed by atoms with E-state index in [4.69, 9.17) is 10.5 Å². The molecule has 0 aliphatic heterocycles. The molecule has 24 heavy (non-hydrogen) atoms. The van der Waals surface area contributed by atoms with Gasteiger partial charge in [0.15, 0.2) is 0 Å². The molecule has 9 nitrogen and oxygen atoms in total. The van der Waals surface area contributed by atoms with Gasteiger partial charge in [-0.05, 0) is 12.0 Å². The van der Waals surface area contributed by atoms with Crippen LogP contribution in [0.4, 0.5) is 4.79 Å². The molecular weight excluding hydrogens is 318 g/mol. The van der Waals surface area contributed by atoms with E-state index in [1.165, 1.54) is 0 Å². The van der Waals surface area contributed by atoms with E-state index in [9.17, 15) is 24.3 Å². The number of carboxylic acids is 1. The maximum Gasteiger partial charge on any atom is 0.408 e. The second-order valence-electron chi connectivity index (χ2n) is 4.85. The van der Waals surface area contributed by atoms with Gasteiger partial charge in [-0.1, -0.05) is 30.3 Å². The van der Waals surface area contributed by atoms with Gasteiger partial charge in [0, 0.05) is 6.42 Å². The molecule has 4 N–H and O–H groups in total. The van der Waals surface area contributed by atoms with Gasteiger partial charge in [0.25, 0.3) is 0 Å². The fraction of sp³-hybridized carbons (Fsp3) is 0.333. The lowest BCUT2D eigenvalue weighted by molar-refractivity contribution is -0.304. The van der Waals surface area contributed by atoms with Crippen molar-refractivity contribution in [3.05, 3.63) is 35.9 Å². The molecule has 0 saturated heterocycles. The zero-order valence-electron chi connectivity index (χ0n) is 12.8. The zero-order valence-corrected chi connectivity index (χ0v) is 12.8. The van der Waals surface area contributed by atoms with Crippen molar-refractivity contribution in [1.82, 2.24) is 10.6 Å². The molecule has 1 atom stereocenters. The van der Waals surface area contributed by atoms with Crippen LogP contribution in [0.3, 0.4) is 0 Å². The molecule has 0 saturated carbocycles. The van der Waals surface area contributed by atoms with Gasteiger partial charge in [-0.15, -0.1) is 0 Å². The highest BCUT2D eigenvalue weighted by Crippen LogP contribution is 2.02. The molecule has 0 aromatic heterocycles. The standard InChI is InChI=1S/C15H19N3O6/c16-12(19)7-6-11(14(22)17-8-13(20)21)18-15(23)24-9-10-4-2-1-3-5-10/h1-5,11H,6-9H2,(H2,16,19)(H,17,22)(H,18,23)(H,20,21)/p-1/t11-/m0/s1. The van der Waals surface area contributed by atoms with E-state index in [-0.39, 0.29) is 19.4 Å². The molecule has 0 fully saturated rings. The molecular formula is C15H18N3O6-. The summed E-state index contributed by atoms with van der Waals surface area (Å²) >= 11 is 0. The number of nitrogens with one attached hydrogen (secondary N) is 2. The first-order valence-electron chi connectivity index (χ1n) is 7.11. The van der Waals surface area contributed by atoms with Gasteiger partial charge in [-0.2, -0.15) is 0 Å². The van der Waals surface area contributed by atoms with E-state index in [0.717, 1.165) is 5.56 Å². The molecule has 9 heteroatoms. The number of benzene rings is 1. The van der Waals surface area contributed by atoms with Gasteiger partial charge in [-0.3, -0.25) is 9.59 Å².